The van der Waals surface area contributed by atoms with E-state index in [9.17, 15) is 18.7 Å². The van der Waals surface area contributed by atoms with E-state index >= 15 is 0 Å². The van der Waals surface area contributed by atoms with Crippen LogP contribution in [0.3, 0.4) is 0 Å². The van der Waals surface area contributed by atoms with Gasteiger partial charge in [-0.15, -0.1) is 0 Å². The van der Waals surface area contributed by atoms with E-state index in [1.165, 1.54) is 0 Å². The molecule has 6 aromatic rings. The van der Waals surface area contributed by atoms with Crippen molar-refractivity contribution >= 4 is 27.6 Å². The number of hydrogen-bond acceptors (Lipinski definition) is 11. The minimum Gasteiger partial charge on any atom is -0.404 e. The van der Waals surface area contributed by atoms with Crippen molar-refractivity contribution in [2.75, 3.05) is 0 Å². The molecule has 0 aliphatic heterocycles. The normalized spacial score (nSPS) is 12.1. The van der Waals surface area contributed by atoms with Crippen molar-refractivity contribution in [1.29, 1.82) is 0 Å². The molecule has 0 aliphatic carbocycles. The molecule has 0 saturated heterocycles. The predicted octanol–water partition coefficient (Wildman–Crippen LogP) is 13.9. The average molecular weight is 947 g/mol. The van der Waals surface area contributed by atoms with E-state index in [-0.39, 0.29) is 50.8 Å². The molecular weight excluding hydrogens is 887 g/mol. The zero-order chi connectivity index (χ0) is 48.2. The van der Waals surface area contributed by atoms with E-state index in [2.05, 4.69) is 0 Å². The molecule has 0 spiro atoms. The first-order chi connectivity index (χ1) is 31.8. The molecule has 0 aromatic heterocycles. The molecule has 0 bridgehead atoms. The van der Waals surface area contributed by atoms with Crippen LogP contribution < -0.4 is 9.05 Å². The third-order valence-electron chi connectivity index (χ3n) is 11.0. The van der Waals surface area contributed by atoms with Crippen molar-refractivity contribution in [3.63, 3.8) is 0 Å². The number of esters is 2. The smallest absolute Gasteiger partial charge is 0.404 e. The summed E-state index contributed by atoms with van der Waals surface area (Å²) in [4.78, 5) is 27.6. The van der Waals surface area contributed by atoms with E-state index < -0.39 is 38.4 Å². The molecule has 0 radical (unpaired) electrons. The zero-order valence-electron chi connectivity index (χ0n) is 39.5. The van der Waals surface area contributed by atoms with Crippen molar-refractivity contribution in [2.45, 2.75) is 105 Å². The second-order valence-electron chi connectivity index (χ2n) is 18.0. The number of phosphoric ester groups is 2. The summed E-state index contributed by atoms with van der Waals surface area (Å²) in [5.41, 5.74) is 5.39. The van der Waals surface area contributed by atoms with Crippen LogP contribution in [0.1, 0.15) is 96.2 Å². The lowest BCUT2D eigenvalue weighted by Gasteiger charge is -2.31. The molecule has 0 aliphatic rings. The lowest BCUT2D eigenvalue weighted by atomic mass is 9.78. The van der Waals surface area contributed by atoms with Gasteiger partial charge in [0.1, 0.15) is 11.5 Å². The summed E-state index contributed by atoms with van der Waals surface area (Å²) in [5.74, 6) is -1.11. The minimum absolute atomic E-state index is 0.0413. The van der Waals surface area contributed by atoms with Crippen LogP contribution in [0.5, 0.6) is 11.5 Å². The van der Waals surface area contributed by atoms with Crippen LogP contribution in [0.15, 0.2) is 146 Å². The molecule has 0 unspecified atom stereocenters. The predicted molar refractivity (Wildman–Crippen MR) is 260 cm³/mol. The summed E-state index contributed by atoms with van der Waals surface area (Å²) in [6, 6.07) is 44.4. The molecule has 0 heterocycles. The lowest BCUT2D eigenvalue weighted by Crippen LogP contribution is -2.29. The fourth-order valence-corrected chi connectivity index (χ4v) is 10.5. The Labute approximate surface area is 395 Å². The molecule has 67 heavy (non-hydrogen) atoms. The number of hydrogen-bond donors (Lipinski definition) is 0. The van der Waals surface area contributed by atoms with E-state index in [0.717, 1.165) is 44.5 Å². The number of phosphoric acid groups is 2. The maximum atomic E-state index is 14.5. The summed E-state index contributed by atoms with van der Waals surface area (Å²) < 4.78 is 71.0. The zero-order valence-corrected chi connectivity index (χ0v) is 41.3. The van der Waals surface area contributed by atoms with Gasteiger partial charge in [-0.25, -0.2) is 9.13 Å². The summed E-state index contributed by atoms with van der Waals surface area (Å²) in [6.45, 7) is 14.6. The maximum absolute atomic E-state index is 14.5. The largest absolute Gasteiger partial charge is 0.530 e. The Kier molecular flexibility index (Phi) is 17.0. The fraction of sp³-hybridized carbons (Fsp3) is 0.296. The maximum Gasteiger partial charge on any atom is 0.530 e. The Morgan fingerprint density at radius 1 is 0.433 bits per heavy atom. The summed E-state index contributed by atoms with van der Waals surface area (Å²) >= 11 is 0. The van der Waals surface area contributed by atoms with Crippen LogP contribution in [-0.4, -0.2) is 11.9 Å². The van der Waals surface area contributed by atoms with Crippen LogP contribution in [-0.2, 0) is 78.8 Å². The topological polar surface area (TPSA) is 133 Å². The Bertz CT molecular complexity index is 2420. The Morgan fingerprint density at radius 2 is 0.701 bits per heavy atom. The van der Waals surface area contributed by atoms with Crippen LogP contribution in [0.25, 0.3) is 0 Å². The molecule has 0 atom stereocenters. The van der Waals surface area contributed by atoms with Gasteiger partial charge >= 0.3 is 27.6 Å². The number of rotatable bonds is 22. The highest BCUT2D eigenvalue weighted by atomic mass is 31.2. The minimum atomic E-state index is -4.29. The van der Waals surface area contributed by atoms with Crippen molar-refractivity contribution in [2.24, 2.45) is 0 Å². The van der Waals surface area contributed by atoms with Crippen LogP contribution >= 0.6 is 15.6 Å². The molecule has 13 heteroatoms. The molecule has 0 saturated carbocycles. The standard InChI is InChI=1S/C54H60O11P2/c1-39-29-41(3)51(47(31-39)64-66(57,59-35-43-21-13-9-14-22-43)60-36-44-23-15-10-16-24-44)53(5,6)33-49(55)63-50(56)34-54(7,8)52-42(4)30-40(2)32-48(52)65-67(58,61-37-45-25-17-11-18-26-45)62-38-46-27-19-12-20-28-46/h9-32H,33-38H2,1-8H3. The van der Waals surface area contributed by atoms with Gasteiger partial charge in [0, 0.05) is 22.0 Å². The average Bonchev–Trinajstić information content (AvgIpc) is 3.26. The number of aryl methyl sites for hydroxylation is 4. The van der Waals surface area contributed by atoms with E-state index in [1.807, 2.05) is 189 Å². The van der Waals surface area contributed by atoms with E-state index in [1.54, 1.807) is 12.1 Å². The SMILES string of the molecule is Cc1cc(C)c(C(C)(C)CC(=O)OC(=O)CC(C)(C)c2c(C)cc(C)cc2OP(=O)(OCc2ccccc2)OCc2ccccc2)c(OP(=O)(OCc2ccccc2)OCc2ccccc2)c1. The van der Waals surface area contributed by atoms with Crippen LogP contribution in [0.2, 0.25) is 0 Å². The van der Waals surface area contributed by atoms with Crippen molar-refractivity contribution < 1.29 is 50.6 Å². The molecule has 0 amide bonds. The summed E-state index contributed by atoms with van der Waals surface area (Å²) in [5, 5.41) is 0. The summed E-state index contributed by atoms with van der Waals surface area (Å²) in [7, 11) is -8.59. The first kappa shape index (κ1) is 50.8. The molecule has 0 N–H and O–H groups in total. The van der Waals surface area contributed by atoms with Crippen molar-refractivity contribution in [3.8, 4) is 11.5 Å². The van der Waals surface area contributed by atoms with Gasteiger partial charge in [0.05, 0.1) is 39.3 Å². The Hall–Kier alpha value is -5.64. The van der Waals surface area contributed by atoms with Crippen molar-refractivity contribution in [1.82, 2.24) is 0 Å². The fourth-order valence-electron chi connectivity index (χ4n) is 8.17. The number of carbonyl (C=O) groups is 2. The molecule has 6 rings (SSSR count). The van der Waals surface area contributed by atoms with Gasteiger partial charge in [-0.1, -0.05) is 161 Å². The van der Waals surface area contributed by atoms with Crippen LogP contribution in [0.4, 0.5) is 0 Å². The first-order valence-electron chi connectivity index (χ1n) is 22.1. The Morgan fingerprint density at radius 3 is 0.970 bits per heavy atom. The summed E-state index contributed by atoms with van der Waals surface area (Å²) in [6.07, 6.45) is -0.476. The molecule has 6 aromatic carbocycles. The highest BCUT2D eigenvalue weighted by Gasteiger charge is 2.39. The quantitative estimate of drug-likeness (QED) is 0.0366. The molecule has 352 valence electrons. The highest BCUT2D eigenvalue weighted by Crippen LogP contribution is 2.55. The second kappa shape index (κ2) is 22.4. The second-order valence-corrected chi connectivity index (χ2v) is 21.2. The van der Waals surface area contributed by atoms with Gasteiger partial charge in [0.15, 0.2) is 0 Å². The molecule has 0 fully saturated rings. The molecule has 11 nitrogen and oxygen atoms in total. The first-order valence-corrected chi connectivity index (χ1v) is 25.0. The Balaban J connectivity index is 1.20. The van der Waals surface area contributed by atoms with E-state index in [0.29, 0.717) is 11.1 Å². The van der Waals surface area contributed by atoms with Gasteiger partial charge < -0.3 is 13.8 Å². The number of ether oxygens (including phenoxy) is 1. The van der Waals surface area contributed by atoms with Gasteiger partial charge in [-0.05, 0) is 84.3 Å². The van der Waals surface area contributed by atoms with Crippen LogP contribution in [0, 0.1) is 27.7 Å². The lowest BCUT2D eigenvalue weighted by molar-refractivity contribution is -0.161. The van der Waals surface area contributed by atoms with E-state index in [4.69, 9.17) is 31.9 Å². The monoisotopic (exact) mass is 946 g/mol. The van der Waals surface area contributed by atoms with Gasteiger partial charge in [0.25, 0.3) is 0 Å². The van der Waals surface area contributed by atoms with Crippen molar-refractivity contribution in [3.05, 3.63) is 201 Å². The van der Waals surface area contributed by atoms with Gasteiger partial charge in [-0.3, -0.25) is 27.7 Å². The number of carbonyl (C=O) groups excluding carboxylic acids is 2. The highest BCUT2D eigenvalue weighted by molar-refractivity contribution is 7.49. The van der Waals surface area contributed by atoms with Gasteiger partial charge in [-0.2, -0.15) is 0 Å². The third-order valence-corrected chi connectivity index (χ3v) is 13.6. The third kappa shape index (κ3) is 14.7. The van der Waals surface area contributed by atoms with Gasteiger partial charge in [0.2, 0.25) is 0 Å². The number of benzene rings is 6. The molecular formula is C54H60O11P2.